The lowest BCUT2D eigenvalue weighted by Gasteiger charge is -2.00. The minimum absolute atomic E-state index is 0.650. The van der Waals surface area contributed by atoms with Gasteiger partial charge in [-0.25, -0.2) is 0 Å². The highest BCUT2D eigenvalue weighted by molar-refractivity contribution is 5.80. The van der Waals surface area contributed by atoms with Crippen LogP contribution in [-0.2, 0) is 6.42 Å². The molecule has 0 radical (unpaired) electrons. The summed E-state index contributed by atoms with van der Waals surface area (Å²) in [6, 6.07) is 2.01. The van der Waals surface area contributed by atoms with Gasteiger partial charge in [-0.15, -0.1) is 0 Å². The van der Waals surface area contributed by atoms with Crippen LogP contribution in [0.5, 0.6) is 0 Å². The van der Waals surface area contributed by atoms with Crippen LogP contribution < -0.4 is 0 Å². The zero-order valence-corrected chi connectivity index (χ0v) is 7.91. The van der Waals surface area contributed by atoms with E-state index >= 15 is 0 Å². The van der Waals surface area contributed by atoms with Crippen LogP contribution in [0.3, 0.4) is 0 Å². The van der Waals surface area contributed by atoms with E-state index in [2.05, 4.69) is 29.0 Å². The van der Waals surface area contributed by atoms with Crippen molar-refractivity contribution in [3.63, 3.8) is 0 Å². The topological polar surface area (TPSA) is 41.6 Å². The highest BCUT2D eigenvalue weighted by Crippen LogP contribution is 2.16. The molecule has 3 heteroatoms. The van der Waals surface area contributed by atoms with Crippen LogP contribution in [0.1, 0.15) is 19.5 Å². The van der Waals surface area contributed by atoms with Crippen molar-refractivity contribution >= 4 is 10.9 Å². The van der Waals surface area contributed by atoms with Crippen LogP contribution >= 0.6 is 0 Å². The van der Waals surface area contributed by atoms with Gasteiger partial charge >= 0.3 is 0 Å². The fourth-order valence-electron chi connectivity index (χ4n) is 1.48. The Labute approximate surface area is 77.2 Å². The number of pyridine rings is 1. The molecule has 0 bridgehead atoms. The van der Waals surface area contributed by atoms with Crippen LogP contribution in [0.25, 0.3) is 10.9 Å². The lowest BCUT2D eigenvalue weighted by atomic mass is 10.1. The van der Waals surface area contributed by atoms with Gasteiger partial charge in [0.2, 0.25) is 0 Å². The quantitative estimate of drug-likeness (QED) is 0.759. The molecule has 2 heterocycles. The SMILES string of the molecule is CC(C)Cc1[nH]nc2cnccc12. The molecule has 0 aliphatic rings. The molecule has 0 atom stereocenters. The maximum absolute atomic E-state index is 4.18. The summed E-state index contributed by atoms with van der Waals surface area (Å²) in [4.78, 5) is 4.02. The highest BCUT2D eigenvalue weighted by Gasteiger charge is 2.05. The number of aromatic nitrogens is 3. The summed E-state index contributed by atoms with van der Waals surface area (Å²) in [7, 11) is 0. The fourth-order valence-corrected chi connectivity index (χ4v) is 1.48. The molecule has 0 fully saturated rings. The van der Waals surface area contributed by atoms with E-state index in [1.165, 1.54) is 11.1 Å². The molecule has 2 aromatic rings. The molecule has 68 valence electrons. The molecular formula is C10H13N3. The van der Waals surface area contributed by atoms with Crippen molar-refractivity contribution in [3.8, 4) is 0 Å². The zero-order valence-electron chi connectivity index (χ0n) is 7.91. The van der Waals surface area contributed by atoms with Gasteiger partial charge in [0.05, 0.1) is 6.20 Å². The maximum Gasteiger partial charge on any atom is 0.111 e. The molecular weight excluding hydrogens is 162 g/mol. The number of hydrogen-bond acceptors (Lipinski definition) is 2. The van der Waals surface area contributed by atoms with Gasteiger partial charge < -0.3 is 0 Å². The summed E-state index contributed by atoms with van der Waals surface area (Å²) >= 11 is 0. The van der Waals surface area contributed by atoms with Gasteiger partial charge in [-0.1, -0.05) is 13.8 Å². The number of fused-ring (bicyclic) bond motifs is 1. The standard InChI is InChI=1S/C10H13N3/c1-7(2)5-9-8-3-4-11-6-10(8)13-12-9/h3-4,6-7H,5H2,1-2H3,(H,12,13). The van der Waals surface area contributed by atoms with E-state index in [1.807, 2.05) is 12.3 Å². The summed E-state index contributed by atoms with van der Waals surface area (Å²) < 4.78 is 0. The second kappa shape index (κ2) is 3.17. The minimum atomic E-state index is 0.650. The van der Waals surface area contributed by atoms with Crippen LogP contribution in [0.15, 0.2) is 18.5 Å². The Morgan fingerprint density at radius 2 is 2.31 bits per heavy atom. The number of H-pyrrole nitrogens is 1. The number of nitrogens with zero attached hydrogens (tertiary/aromatic N) is 2. The van der Waals surface area contributed by atoms with Gasteiger partial charge in [0.15, 0.2) is 0 Å². The van der Waals surface area contributed by atoms with Crippen molar-refractivity contribution in [2.75, 3.05) is 0 Å². The Kier molecular flexibility index (Phi) is 2.00. The average molecular weight is 175 g/mol. The summed E-state index contributed by atoms with van der Waals surface area (Å²) in [5.74, 6) is 0.650. The summed E-state index contributed by atoms with van der Waals surface area (Å²) in [5, 5.41) is 8.44. The monoisotopic (exact) mass is 175 g/mol. The predicted octanol–water partition coefficient (Wildman–Crippen LogP) is 2.16. The van der Waals surface area contributed by atoms with Crippen LogP contribution in [-0.4, -0.2) is 15.2 Å². The Morgan fingerprint density at radius 1 is 1.46 bits per heavy atom. The minimum Gasteiger partial charge on any atom is -0.281 e. The first kappa shape index (κ1) is 8.23. The van der Waals surface area contributed by atoms with Crippen molar-refractivity contribution < 1.29 is 0 Å². The van der Waals surface area contributed by atoms with E-state index < -0.39 is 0 Å². The van der Waals surface area contributed by atoms with Crippen molar-refractivity contribution in [2.24, 2.45) is 5.92 Å². The number of aromatic amines is 1. The molecule has 0 unspecified atom stereocenters. The van der Waals surface area contributed by atoms with E-state index in [0.29, 0.717) is 5.92 Å². The second-order valence-corrected chi connectivity index (χ2v) is 3.69. The Morgan fingerprint density at radius 3 is 3.08 bits per heavy atom. The van der Waals surface area contributed by atoms with Crippen molar-refractivity contribution in [1.29, 1.82) is 0 Å². The molecule has 1 N–H and O–H groups in total. The third kappa shape index (κ3) is 1.54. The molecule has 2 aromatic heterocycles. The summed E-state index contributed by atoms with van der Waals surface area (Å²) in [5.41, 5.74) is 2.17. The average Bonchev–Trinajstić information content (AvgIpc) is 2.48. The molecule has 0 aliphatic carbocycles. The second-order valence-electron chi connectivity index (χ2n) is 3.69. The molecule has 0 aromatic carbocycles. The summed E-state index contributed by atoms with van der Waals surface area (Å²) in [6.07, 6.45) is 4.64. The Hall–Kier alpha value is -1.38. The molecule has 0 spiro atoms. The van der Waals surface area contributed by atoms with E-state index in [0.717, 1.165) is 11.9 Å². The van der Waals surface area contributed by atoms with Gasteiger partial charge in [0.1, 0.15) is 5.52 Å². The van der Waals surface area contributed by atoms with Crippen molar-refractivity contribution in [2.45, 2.75) is 20.3 Å². The first-order valence-corrected chi connectivity index (χ1v) is 4.54. The largest absolute Gasteiger partial charge is 0.281 e. The molecule has 0 aliphatic heterocycles. The smallest absolute Gasteiger partial charge is 0.111 e. The van der Waals surface area contributed by atoms with Gasteiger partial charge in [0, 0.05) is 17.3 Å². The third-order valence-electron chi connectivity index (χ3n) is 2.05. The van der Waals surface area contributed by atoms with Gasteiger partial charge in [-0.3, -0.25) is 10.1 Å². The lowest BCUT2D eigenvalue weighted by Crippen LogP contribution is -1.94. The van der Waals surface area contributed by atoms with Crippen LogP contribution in [0, 0.1) is 5.92 Å². The number of hydrogen-bond donors (Lipinski definition) is 1. The van der Waals surface area contributed by atoms with E-state index in [9.17, 15) is 0 Å². The van der Waals surface area contributed by atoms with Crippen LogP contribution in [0.4, 0.5) is 0 Å². The van der Waals surface area contributed by atoms with E-state index in [1.54, 1.807) is 6.20 Å². The first-order chi connectivity index (χ1) is 6.27. The van der Waals surface area contributed by atoms with Crippen molar-refractivity contribution in [3.05, 3.63) is 24.2 Å². The van der Waals surface area contributed by atoms with Crippen LogP contribution in [0.2, 0.25) is 0 Å². The lowest BCUT2D eigenvalue weighted by molar-refractivity contribution is 0.636. The zero-order chi connectivity index (χ0) is 9.26. The normalized spacial score (nSPS) is 11.3. The molecule has 3 nitrogen and oxygen atoms in total. The number of rotatable bonds is 2. The van der Waals surface area contributed by atoms with Gasteiger partial charge in [-0.05, 0) is 18.4 Å². The molecule has 0 saturated heterocycles. The maximum atomic E-state index is 4.18. The highest BCUT2D eigenvalue weighted by atomic mass is 15.1. The molecule has 0 saturated carbocycles. The number of nitrogens with one attached hydrogen (secondary N) is 1. The molecule has 2 rings (SSSR count). The molecule has 0 amide bonds. The van der Waals surface area contributed by atoms with E-state index in [4.69, 9.17) is 0 Å². The van der Waals surface area contributed by atoms with Gasteiger partial charge in [0.25, 0.3) is 0 Å². The molecule has 13 heavy (non-hydrogen) atoms. The Bertz CT molecular complexity index is 403. The van der Waals surface area contributed by atoms with Crippen molar-refractivity contribution in [1.82, 2.24) is 15.2 Å². The fraction of sp³-hybridized carbons (Fsp3) is 0.400. The third-order valence-corrected chi connectivity index (χ3v) is 2.05. The summed E-state index contributed by atoms with van der Waals surface area (Å²) in [6.45, 7) is 4.40. The van der Waals surface area contributed by atoms with Gasteiger partial charge in [-0.2, -0.15) is 5.10 Å². The Balaban J connectivity index is 2.46. The predicted molar refractivity (Wildman–Crippen MR) is 52.4 cm³/mol. The first-order valence-electron chi connectivity index (χ1n) is 4.54. The van der Waals surface area contributed by atoms with E-state index in [-0.39, 0.29) is 0 Å².